The summed E-state index contributed by atoms with van der Waals surface area (Å²) < 4.78 is 30.2. The fraction of sp³-hybridized carbons (Fsp3) is 0.770. The molecule has 3 atom stereocenters. The van der Waals surface area contributed by atoms with Crippen LogP contribution >= 0.6 is 7.82 Å². The number of nitrogens with zero attached hydrogens (tertiary/aromatic N) is 1. The molecular weight excluding hydrogens is 904 g/mol. The van der Waals surface area contributed by atoms with Gasteiger partial charge in [-0.2, -0.15) is 0 Å². The van der Waals surface area contributed by atoms with Crippen LogP contribution in [0.25, 0.3) is 0 Å². The molecule has 10 heteroatoms. The van der Waals surface area contributed by atoms with Crippen LogP contribution in [0.15, 0.2) is 72.9 Å². The number of quaternary nitrogens is 1. The number of hydrogen-bond acceptors (Lipinski definition) is 7. The molecule has 0 aromatic rings. The Morgan fingerprint density at radius 1 is 0.493 bits per heavy atom. The Bertz CT molecular complexity index is 1450. The highest BCUT2D eigenvalue weighted by Gasteiger charge is 2.27. The second-order valence-corrected chi connectivity index (χ2v) is 22.2. The number of allylic oxidation sites excluding steroid dienone is 11. The number of carbonyl (C=O) groups excluding carboxylic acids is 2. The Balaban J connectivity index is 5.35. The van der Waals surface area contributed by atoms with E-state index in [-0.39, 0.29) is 24.9 Å². The Morgan fingerprint density at radius 2 is 0.859 bits per heavy atom. The van der Waals surface area contributed by atoms with E-state index in [0.717, 1.165) is 96.3 Å². The van der Waals surface area contributed by atoms with Gasteiger partial charge in [0.25, 0.3) is 7.82 Å². The first-order valence-corrected chi connectivity index (χ1v) is 30.7. The van der Waals surface area contributed by atoms with Crippen LogP contribution in [-0.2, 0) is 27.9 Å². The topological polar surface area (TPSA) is 114 Å². The average Bonchev–Trinajstić information content (AvgIpc) is 3.33. The monoisotopic (exact) mass is 1010 g/mol. The van der Waals surface area contributed by atoms with Crippen LogP contribution in [0.4, 0.5) is 0 Å². The molecule has 1 N–H and O–H groups in total. The second-order valence-electron chi connectivity index (χ2n) is 20.8. The van der Waals surface area contributed by atoms with Gasteiger partial charge in [-0.15, -0.1) is 0 Å². The van der Waals surface area contributed by atoms with Gasteiger partial charge in [-0.25, -0.2) is 0 Å². The van der Waals surface area contributed by atoms with Crippen molar-refractivity contribution in [3.05, 3.63) is 72.9 Å². The van der Waals surface area contributed by atoms with Crippen molar-refractivity contribution < 1.29 is 37.3 Å². The zero-order valence-electron chi connectivity index (χ0n) is 46.9. The number of esters is 1. The number of hydrogen-bond donors (Lipinski definition) is 1. The number of rotatable bonds is 52. The maximum absolute atomic E-state index is 13.5. The molecule has 0 radical (unpaired) electrons. The molecule has 0 rings (SSSR count). The van der Waals surface area contributed by atoms with Crippen molar-refractivity contribution in [2.45, 2.75) is 264 Å². The Hall–Kier alpha value is -2.55. The molecule has 0 aliphatic rings. The molecule has 412 valence electrons. The molecule has 0 saturated carbocycles. The molecule has 0 fully saturated rings. The predicted molar refractivity (Wildman–Crippen MR) is 302 cm³/mol. The third-order valence-electron chi connectivity index (χ3n) is 12.6. The summed E-state index contributed by atoms with van der Waals surface area (Å²) in [6.45, 7) is 6.76. The lowest BCUT2D eigenvalue weighted by molar-refractivity contribution is -0.870. The highest BCUT2D eigenvalue weighted by molar-refractivity contribution is 7.45. The molecule has 0 heterocycles. The normalized spacial score (nSPS) is 14.3. The van der Waals surface area contributed by atoms with E-state index >= 15 is 0 Å². The molecule has 3 unspecified atom stereocenters. The van der Waals surface area contributed by atoms with Crippen molar-refractivity contribution in [2.24, 2.45) is 0 Å². The number of phosphoric ester groups is 1. The molecule has 0 saturated heterocycles. The summed E-state index contributed by atoms with van der Waals surface area (Å²) in [4.78, 5) is 39.9. The molecular formula is C61H111N2O7P. The van der Waals surface area contributed by atoms with E-state index in [1.807, 2.05) is 33.3 Å². The third-order valence-corrected chi connectivity index (χ3v) is 13.6. The zero-order valence-corrected chi connectivity index (χ0v) is 47.8. The highest BCUT2D eigenvalue weighted by atomic mass is 31.2. The Kier molecular flexibility index (Phi) is 49.1. The van der Waals surface area contributed by atoms with Gasteiger partial charge in [-0.3, -0.25) is 14.2 Å². The lowest BCUT2D eigenvalue weighted by Gasteiger charge is -2.30. The van der Waals surface area contributed by atoms with Crippen LogP contribution in [0.1, 0.15) is 252 Å². The number of amides is 1. The SMILES string of the molecule is CCCCC/C=C\C/C=C\C/C=C\CCCCCCC(=O)OC(/C=C/CCCCCCCCCCC)C(COP(=O)([O-])OCC[N+](C)(C)C)NC(=O)CCCCCCCCC/C=C\C/C=C\CCCCC. The van der Waals surface area contributed by atoms with Crippen molar-refractivity contribution in [1.82, 2.24) is 5.32 Å². The van der Waals surface area contributed by atoms with Gasteiger partial charge < -0.3 is 28.5 Å². The van der Waals surface area contributed by atoms with Crippen molar-refractivity contribution in [2.75, 3.05) is 40.9 Å². The lowest BCUT2D eigenvalue weighted by Crippen LogP contribution is -2.47. The first-order valence-electron chi connectivity index (χ1n) is 29.2. The lowest BCUT2D eigenvalue weighted by atomic mass is 10.1. The van der Waals surface area contributed by atoms with E-state index in [4.69, 9.17) is 13.8 Å². The summed E-state index contributed by atoms with van der Waals surface area (Å²) in [6.07, 6.45) is 64.3. The van der Waals surface area contributed by atoms with Crippen LogP contribution in [-0.4, -0.2) is 69.4 Å². The summed E-state index contributed by atoms with van der Waals surface area (Å²) in [6, 6.07) is -0.903. The van der Waals surface area contributed by atoms with Crippen LogP contribution in [0.2, 0.25) is 0 Å². The molecule has 0 aliphatic carbocycles. The van der Waals surface area contributed by atoms with E-state index in [1.165, 1.54) is 116 Å². The summed E-state index contributed by atoms with van der Waals surface area (Å²) in [5, 5.41) is 3.01. The van der Waals surface area contributed by atoms with Crippen molar-refractivity contribution in [3.63, 3.8) is 0 Å². The minimum absolute atomic E-state index is 0.0302. The standard InChI is InChI=1S/C61H111N2O7P/c1-7-10-13-16-19-22-25-27-29-31-33-35-38-41-44-47-50-53-60(64)62-58(57-69-71(66,67)68-56-55-63(4,5)6)59(52-49-46-43-40-37-24-21-18-15-12-9-3)70-61(65)54-51-48-45-42-39-36-34-32-30-28-26-23-20-17-14-11-8-2/h19-20,22-23,27-30,34,36,49,52,58-59H,7-18,21,24-26,31-33,35,37-48,50-51,53-57H2,1-6H3,(H-,62,64,66,67)/b22-19-,23-20-,29-27-,30-28-,36-34-,52-49+. The van der Waals surface area contributed by atoms with Crippen LogP contribution in [0, 0.1) is 0 Å². The van der Waals surface area contributed by atoms with Gasteiger partial charge in [-0.1, -0.05) is 210 Å². The van der Waals surface area contributed by atoms with Crippen LogP contribution in [0.5, 0.6) is 0 Å². The van der Waals surface area contributed by atoms with E-state index in [2.05, 4.69) is 86.8 Å². The Labute approximate surface area is 438 Å². The minimum atomic E-state index is -4.70. The van der Waals surface area contributed by atoms with Crippen LogP contribution < -0.4 is 10.2 Å². The molecule has 0 aromatic carbocycles. The van der Waals surface area contributed by atoms with E-state index < -0.39 is 26.6 Å². The molecule has 9 nitrogen and oxygen atoms in total. The molecule has 0 aromatic heterocycles. The summed E-state index contributed by atoms with van der Waals surface area (Å²) in [5.74, 6) is -0.577. The fourth-order valence-corrected chi connectivity index (χ4v) is 8.75. The molecule has 0 spiro atoms. The van der Waals surface area contributed by atoms with Crippen molar-refractivity contribution in [3.8, 4) is 0 Å². The smallest absolute Gasteiger partial charge is 0.306 e. The molecule has 0 aliphatic heterocycles. The summed E-state index contributed by atoms with van der Waals surface area (Å²) >= 11 is 0. The predicted octanol–water partition coefficient (Wildman–Crippen LogP) is 17.0. The fourth-order valence-electron chi connectivity index (χ4n) is 8.03. The maximum Gasteiger partial charge on any atom is 0.306 e. The van der Waals surface area contributed by atoms with Gasteiger partial charge in [0.15, 0.2) is 0 Å². The van der Waals surface area contributed by atoms with Gasteiger partial charge in [0.05, 0.1) is 33.8 Å². The van der Waals surface area contributed by atoms with Crippen molar-refractivity contribution in [1.29, 1.82) is 0 Å². The minimum Gasteiger partial charge on any atom is -0.756 e. The molecule has 1 amide bonds. The number of carbonyl (C=O) groups is 2. The summed E-state index contributed by atoms with van der Waals surface area (Å²) in [7, 11) is 1.16. The number of likely N-dealkylation sites (N-methyl/N-ethyl adjacent to an activating group) is 1. The average molecular weight is 1020 g/mol. The molecule has 0 bridgehead atoms. The van der Waals surface area contributed by atoms with E-state index in [1.54, 1.807) is 0 Å². The second kappa shape index (κ2) is 51.0. The number of unbranched alkanes of at least 4 members (excludes halogenated alkanes) is 26. The van der Waals surface area contributed by atoms with E-state index in [0.29, 0.717) is 23.9 Å². The van der Waals surface area contributed by atoms with Gasteiger partial charge in [0, 0.05) is 12.8 Å². The number of phosphoric acid groups is 1. The number of ether oxygens (including phenoxy) is 1. The van der Waals surface area contributed by atoms with Gasteiger partial charge in [0.2, 0.25) is 5.91 Å². The molecule has 71 heavy (non-hydrogen) atoms. The van der Waals surface area contributed by atoms with Gasteiger partial charge in [-0.05, 0) is 102 Å². The number of nitrogens with one attached hydrogen (secondary N) is 1. The largest absolute Gasteiger partial charge is 0.756 e. The Morgan fingerprint density at radius 3 is 1.31 bits per heavy atom. The first-order chi connectivity index (χ1) is 34.4. The summed E-state index contributed by atoms with van der Waals surface area (Å²) in [5.41, 5.74) is 0. The first kappa shape index (κ1) is 68.5. The third kappa shape index (κ3) is 52.1. The van der Waals surface area contributed by atoms with Crippen LogP contribution in [0.3, 0.4) is 0 Å². The zero-order chi connectivity index (χ0) is 52.2. The van der Waals surface area contributed by atoms with Gasteiger partial charge >= 0.3 is 5.97 Å². The van der Waals surface area contributed by atoms with Crippen molar-refractivity contribution >= 4 is 19.7 Å². The highest BCUT2D eigenvalue weighted by Crippen LogP contribution is 2.38. The quantitative estimate of drug-likeness (QED) is 0.0212. The maximum atomic E-state index is 13.5. The van der Waals surface area contributed by atoms with Gasteiger partial charge in [0.1, 0.15) is 19.3 Å². The van der Waals surface area contributed by atoms with E-state index in [9.17, 15) is 19.0 Å².